The Hall–Kier alpha value is -3.02. The molecule has 0 N–H and O–H groups in total. The average Bonchev–Trinajstić information content (AvgIpc) is 3.11. The number of nitrogens with zero attached hydrogens (tertiary/aromatic N) is 1. The zero-order chi connectivity index (χ0) is 22.3. The van der Waals surface area contributed by atoms with E-state index in [1.54, 1.807) is 42.2 Å². The van der Waals surface area contributed by atoms with Gasteiger partial charge >= 0.3 is 0 Å². The summed E-state index contributed by atoms with van der Waals surface area (Å²) in [6, 6.07) is 8.92. The third-order valence-corrected chi connectivity index (χ3v) is 4.43. The van der Waals surface area contributed by atoms with Crippen LogP contribution >= 0.6 is 0 Å². The van der Waals surface area contributed by atoms with Gasteiger partial charge < -0.3 is 18.8 Å². The molecule has 162 valence electrons. The molecular formula is C24H31NO5. The number of aryl methyl sites for hydroxylation is 1. The van der Waals surface area contributed by atoms with Gasteiger partial charge in [0.1, 0.15) is 5.76 Å². The number of furan rings is 1. The van der Waals surface area contributed by atoms with Gasteiger partial charge in [-0.1, -0.05) is 12.1 Å². The number of allylic oxidation sites excluding steroid dienone is 1. The first-order valence-electron chi connectivity index (χ1n) is 10.2. The van der Waals surface area contributed by atoms with Gasteiger partial charge in [0.15, 0.2) is 23.9 Å². The van der Waals surface area contributed by atoms with E-state index in [1.807, 2.05) is 40.7 Å². The van der Waals surface area contributed by atoms with Gasteiger partial charge in [0.05, 0.1) is 6.61 Å². The van der Waals surface area contributed by atoms with Crippen LogP contribution in [-0.4, -0.2) is 41.9 Å². The summed E-state index contributed by atoms with van der Waals surface area (Å²) in [5.41, 5.74) is 0.778. The Bertz CT molecular complexity index is 887. The Labute approximate surface area is 178 Å². The molecule has 0 aliphatic rings. The van der Waals surface area contributed by atoms with E-state index in [1.165, 1.54) is 6.08 Å². The normalized spacial score (nSPS) is 11.3. The highest BCUT2D eigenvalue weighted by molar-refractivity contribution is 6.04. The maximum absolute atomic E-state index is 12.6. The minimum Gasteiger partial charge on any atom is -0.490 e. The van der Waals surface area contributed by atoms with Crippen LogP contribution in [0.5, 0.6) is 11.5 Å². The van der Waals surface area contributed by atoms with Crippen molar-refractivity contribution in [2.75, 3.05) is 13.2 Å². The molecule has 6 heteroatoms. The Kier molecular flexibility index (Phi) is 8.27. The molecule has 0 saturated carbocycles. The summed E-state index contributed by atoms with van der Waals surface area (Å²) in [7, 11) is 0. The lowest BCUT2D eigenvalue weighted by Gasteiger charge is -2.30. The highest BCUT2D eigenvalue weighted by Crippen LogP contribution is 2.29. The van der Waals surface area contributed by atoms with Crippen molar-refractivity contribution in [3.63, 3.8) is 0 Å². The summed E-state index contributed by atoms with van der Waals surface area (Å²) in [5.74, 6) is 1.71. The first-order chi connectivity index (χ1) is 14.2. The highest BCUT2D eigenvalue weighted by Gasteiger charge is 2.21. The molecule has 1 aromatic carbocycles. The Morgan fingerprint density at radius 2 is 1.73 bits per heavy atom. The Balaban J connectivity index is 2.11. The van der Waals surface area contributed by atoms with Crippen LogP contribution in [0, 0.1) is 6.92 Å². The van der Waals surface area contributed by atoms with E-state index < -0.39 is 0 Å². The molecule has 30 heavy (non-hydrogen) atoms. The van der Waals surface area contributed by atoms with Crippen molar-refractivity contribution < 1.29 is 23.5 Å². The van der Waals surface area contributed by atoms with Crippen LogP contribution in [0.3, 0.4) is 0 Å². The fourth-order valence-corrected chi connectivity index (χ4v) is 3.22. The van der Waals surface area contributed by atoms with E-state index >= 15 is 0 Å². The first-order valence-corrected chi connectivity index (χ1v) is 10.2. The van der Waals surface area contributed by atoms with E-state index in [0.29, 0.717) is 29.6 Å². The number of ketones is 1. The van der Waals surface area contributed by atoms with Gasteiger partial charge in [-0.3, -0.25) is 9.59 Å². The molecule has 1 aromatic heterocycles. The predicted molar refractivity (Wildman–Crippen MR) is 117 cm³/mol. The van der Waals surface area contributed by atoms with Crippen molar-refractivity contribution in [2.45, 2.75) is 53.6 Å². The standard InChI is InChI=1S/C24H31NO5/c1-7-28-23-14-19(9-11-20(26)21-12-8-18(6)30-21)10-13-22(23)29-15-24(27)25(16(2)3)17(4)5/h8-14,16-17H,7,15H2,1-6H3. The highest BCUT2D eigenvalue weighted by atomic mass is 16.5. The van der Waals surface area contributed by atoms with Gasteiger partial charge in [0.25, 0.3) is 5.91 Å². The number of carbonyl (C=O) groups excluding carboxylic acids is 2. The first kappa shape index (κ1) is 23.3. The van der Waals surface area contributed by atoms with E-state index in [-0.39, 0.29) is 30.4 Å². The van der Waals surface area contributed by atoms with E-state index in [4.69, 9.17) is 13.9 Å². The van der Waals surface area contributed by atoms with Crippen molar-refractivity contribution >= 4 is 17.8 Å². The quantitative estimate of drug-likeness (QED) is 0.409. The fourth-order valence-electron chi connectivity index (χ4n) is 3.22. The maximum Gasteiger partial charge on any atom is 0.260 e. The largest absolute Gasteiger partial charge is 0.490 e. The number of amides is 1. The van der Waals surface area contributed by atoms with Crippen LogP contribution in [0.2, 0.25) is 0 Å². The molecule has 1 heterocycles. The molecule has 0 radical (unpaired) electrons. The lowest BCUT2D eigenvalue weighted by atomic mass is 10.1. The Morgan fingerprint density at radius 1 is 1.03 bits per heavy atom. The third-order valence-electron chi connectivity index (χ3n) is 4.43. The maximum atomic E-state index is 12.6. The minimum absolute atomic E-state index is 0.0675. The molecular weight excluding hydrogens is 382 g/mol. The fraction of sp³-hybridized carbons (Fsp3) is 0.417. The second kappa shape index (κ2) is 10.7. The molecule has 0 unspecified atom stereocenters. The summed E-state index contributed by atoms with van der Waals surface area (Å²) in [6.45, 7) is 12.0. The summed E-state index contributed by atoms with van der Waals surface area (Å²) in [5, 5.41) is 0. The smallest absolute Gasteiger partial charge is 0.260 e. The summed E-state index contributed by atoms with van der Waals surface area (Å²) in [6.07, 6.45) is 3.15. The zero-order valence-corrected chi connectivity index (χ0v) is 18.6. The summed E-state index contributed by atoms with van der Waals surface area (Å²) in [4.78, 5) is 26.5. The van der Waals surface area contributed by atoms with Crippen molar-refractivity contribution in [2.24, 2.45) is 0 Å². The number of benzene rings is 1. The number of hydrogen-bond acceptors (Lipinski definition) is 5. The second-order valence-corrected chi connectivity index (χ2v) is 7.52. The van der Waals surface area contributed by atoms with Gasteiger partial charge in [0.2, 0.25) is 5.78 Å². The van der Waals surface area contributed by atoms with Crippen molar-refractivity contribution in [1.82, 2.24) is 4.90 Å². The van der Waals surface area contributed by atoms with Crippen LogP contribution in [0.15, 0.2) is 40.8 Å². The third kappa shape index (κ3) is 6.24. The SMILES string of the molecule is CCOc1cc(C=CC(=O)c2ccc(C)o2)ccc1OCC(=O)N(C(C)C)C(C)C. The molecule has 6 nitrogen and oxygen atoms in total. The average molecular weight is 414 g/mol. The molecule has 0 fully saturated rings. The molecule has 2 aromatic rings. The molecule has 0 aliphatic heterocycles. The minimum atomic E-state index is -0.213. The monoisotopic (exact) mass is 413 g/mol. The van der Waals surface area contributed by atoms with Crippen LogP contribution in [0.4, 0.5) is 0 Å². The zero-order valence-electron chi connectivity index (χ0n) is 18.6. The molecule has 0 bridgehead atoms. The van der Waals surface area contributed by atoms with Crippen molar-refractivity contribution in [3.8, 4) is 11.5 Å². The van der Waals surface area contributed by atoms with Crippen molar-refractivity contribution in [3.05, 3.63) is 53.5 Å². The Morgan fingerprint density at radius 3 is 2.30 bits per heavy atom. The van der Waals surface area contributed by atoms with Gasteiger partial charge in [-0.2, -0.15) is 0 Å². The van der Waals surface area contributed by atoms with Crippen LogP contribution < -0.4 is 9.47 Å². The molecule has 0 spiro atoms. The lowest BCUT2D eigenvalue weighted by Crippen LogP contribution is -2.44. The lowest BCUT2D eigenvalue weighted by molar-refractivity contribution is -0.137. The second-order valence-electron chi connectivity index (χ2n) is 7.52. The van der Waals surface area contributed by atoms with Crippen LogP contribution in [-0.2, 0) is 4.79 Å². The molecule has 1 amide bonds. The number of hydrogen-bond donors (Lipinski definition) is 0. The van der Waals surface area contributed by atoms with Crippen LogP contribution in [0.1, 0.15) is 56.5 Å². The van der Waals surface area contributed by atoms with E-state index in [0.717, 1.165) is 5.56 Å². The van der Waals surface area contributed by atoms with Gasteiger partial charge in [-0.25, -0.2) is 0 Å². The molecule has 2 rings (SSSR count). The number of carbonyl (C=O) groups is 2. The molecule has 0 atom stereocenters. The summed E-state index contributed by atoms with van der Waals surface area (Å²) < 4.78 is 16.8. The van der Waals surface area contributed by atoms with Crippen molar-refractivity contribution in [1.29, 1.82) is 0 Å². The number of ether oxygens (including phenoxy) is 2. The molecule has 0 saturated heterocycles. The van der Waals surface area contributed by atoms with E-state index in [2.05, 4.69) is 0 Å². The predicted octanol–water partition coefficient (Wildman–Crippen LogP) is 4.91. The number of rotatable bonds is 10. The van der Waals surface area contributed by atoms with Crippen LogP contribution in [0.25, 0.3) is 6.08 Å². The molecule has 0 aliphatic carbocycles. The van der Waals surface area contributed by atoms with Gasteiger partial charge in [0, 0.05) is 12.1 Å². The van der Waals surface area contributed by atoms with E-state index in [9.17, 15) is 9.59 Å². The van der Waals surface area contributed by atoms with Gasteiger partial charge in [-0.05, 0) is 77.4 Å². The summed E-state index contributed by atoms with van der Waals surface area (Å²) >= 11 is 0. The van der Waals surface area contributed by atoms with Gasteiger partial charge in [-0.15, -0.1) is 0 Å². The topological polar surface area (TPSA) is 69.0 Å².